The molecule has 7 nitrogen and oxygen atoms in total. The highest BCUT2D eigenvalue weighted by atomic mass is 79.9. The van der Waals surface area contributed by atoms with Gasteiger partial charge in [0.2, 0.25) is 5.91 Å². The first-order valence-electron chi connectivity index (χ1n) is 9.62. The van der Waals surface area contributed by atoms with Gasteiger partial charge in [0.25, 0.3) is 5.91 Å². The molecule has 0 fully saturated rings. The van der Waals surface area contributed by atoms with Crippen LogP contribution in [0, 0.1) is 0 Å². The molecule has 1 unspecified atom stereocenters. The van der Waals surface area contributed by atoms with E-state index in [1.165, 1.54) is 0 Å². The highest BCUT2D eigenvalue weighted by molar-refractivity contribution is 9.10. The minimum absolute atomic E-state index is 0.204. The Morgan fingerprint density at radius 3 is 2.67 bits per heavy atom. The van der Waals surface area contributed by atoms with Crippen LogP contribution in [0.2, 0.25) is 0 Å². The second-order valence-electron chi connectivity index (χ2n) is 8.28. The third kappa shape index (κ3) is 3.87. The number of aromatic nitrogens is 3. The number of nitrogens with one attached hydrogen (secondary N) is 1. The second-order valence-corrected chi connectivity index (χ2v) is 9.20. The Labute approximate surface area is 183 Å². The average molecular weight is 468 g/mol. The summed E-state index contributed by atoms with van der Waals surface area (Å²) in [6, 6.07) is 13.9. The molecular formula is C22H22BrN5O2. The minimum atomic E-state index is -0.816. The van der Waals surface area contributed by atoms with Gasteiger partial charge in [0.1, 0.15) is 6.04 Å². The summed E-state index contributed by atoms with van der Waals surface area (Å²) >= 11 is 3.48. The molecule has 2 heterocycles. The second kappa shape index (κ2) is 7.68. The number of hydrogen-bond acceptors (Lipinski definition) is 4. The van der Waals surface area contributed by atoms with Crippen LogP contribution in [0.1, 0.15) is 48.4 Å². The quantitative estimate of drug-likeness (QED) is 0.637. The van der Waals surface area contributed by atoms with Crippen molar-refractivity contribution in [2.45, 2.75) is 38.9 Å². The Morgan fingerprint density at radius 2 is 1.93 bits per heavy atom. The maximum absolute atomic E-state index is 13.6. The number of carbonyl (C=O) groups is 2. The molecule has 0 saturated heterocycles. The van der Waals surface area contributed by atoms with E-state index in [4.69, 9.17) is 0 Å². The molecular weight excluding hydrogens is 446 g/mol. The van der Waals surface area contributed by atoms with E-state index in [2.05, 4.69) is 31.6 Å². The van der Waals surface area contributed by atoms with Crippen molar-refractivity contribution in [1.29, 1.82) is 0 Å². The highest BCUT2D eigenvalue weighted by Gasteiger charge is 2.37. The number of hydrogen-bond donors (Lipinski definition) is 1. The monoisotopic (exact) mass is 467 g/mol. The highest BCUT2D eigenvalue weighted by Crippen LogP contribution is 2.31. The zero-order valence-corrected chi connectivity index (χ0v) is 18.5. The molecule has 0 spiro atoms. The van der Waals surface area contributed by atoms with Crippen molar-refractivity contribution in [3.05, 3.63) is 76.0 Å². The van der Waals surface area contributed by atoms with Crippen LogP contribution in [-0.2, 0) is 11.3 Å². The molecule has 1 atom stereocenters. The molecule has 1 aromatic heterocycles. The predicted octanol–water partition coefficient (Wildman–Crippen LogP) is 3.64. The maximum Gasteiger partial charge on any atom is 0.257 e. The normalized spacial score (nSPS) is 14.5. The lowest BCUT2D eigenvalue weighted by molar-refractivity contribution is -0.127. The van der Waals surface area contributed by atoms with Gasteiger partial charge in [-0.15, -0.1) is 5.10 Å². The summed E-state index contributed by atoms with van der Waals surface area (Å²) < 4.78 is 2.50. The van der Waals surface area contributed by atoms with E-state index in [1.54, 1.807) is 27.9 Å². The lowest BCUT2D eigenvalue weighted by atomic mass is 10.0. The van der Waals surface area contributed by atoms with Gasteiger partial charge in [-0.2, -0.15) is 0 Å². The van der Waals surface area contributed by atoms with Crippen LogP contribution < -0.4 is 5.32 Å². The van der Waals surface area contributed by atoms with Crippen molar-refractivity contribution in [2.75, 3.05) is 0 Å². The van der Waals surface area contributed by atoms with Gasteiger partial charge in [0.15, 0.2) is 0 Å². The summed E-state index contributed by atoms with van der Waals surface area (Å²) in [5.74, 6) is -0.475. The summed E-state index contributed by atoms with van der Waals surface area (Å²) in [6.07, 6.45) is 1.63. The fraction of sp³-hybridized carbons (Fsp3) is 0.273. The van der Waals surface area contributed by atoms with Gasteiger partial charge in [-0.05, 0) is 50.6 Å². The Hall–Kier alpha value is -3.00. The van der Waals surface area contributed by atoms with Gasteiger partial charge in [0, 0.05) is 10.0 Å². The summed E-state index contributed by atoms with van der Waals surface area (Å²) in [5.41, 5.74) is 2.14. The smallest absolute Gasteiger partial charge is 0.257 e. The van der Waals surface area contributed by atoms with E-state index < -0.39 is 11.6 Å². The molecule has 8 heteroatoms. The first kappa shape index (κ1) is 20.3. The Morgan fingerprint density at radius 1 is 1.17 bits per heavy atom. The van der Waals surface area contributed by atoms with Crippen LogP contribution in [0.4, 0.5) is 0 Å². The van der Waals surface area contributed by atoms with Gasteiger partial charge in [0.05, 0.1) is 29.7 Å². The molecule has 2 aromatic carbocycles. The van der Waals surface area contributed by atoms with Gasteiger partial charge in [-0.1, -0.05) is 45.4 Å². The molecule has 2 amide bonds. The van der Waals surface area contributed by atoms with Crippen LogP contribution in [0.25, 0.3) is 5.69 Å². The molecule has 1 N–H and O–H groups in total. The Bertz CT molecular complexity index is 1120. The standard InChI is InChI=1S/C22H22BrN5O2/c1-22(2,3)25-20(29)19(14-7-6-8-15(23)11-14)27-13-16-12-24-26-28(16)18-10-5-4-9-17(18)21(27)30/h4-12,19H,13H2,1-3H3,(H,25,29). The Balaban J connectivity index is 1.86. The van der Waals surface area contributed by atoms with Crippen molar-refractivity contribution in [3.8, 4) is 5.69 Å². The summed E-state index contributed by atoms with van der Waals surface area (Å²) in [5, 5.41) is 11.2. The van der Waals surface area contributed by atoms with Gasteiger partial charge < -0.3 is 10.2 Å². The molecule has 0 bridgehead atoms. The van der Waals surface area contributed by atoms with Crippen molar-refractivity contribution >= 4 is 27.7 Å². The minimum Gasteiger partial charge on any atom is -0.349 e. The van der Waals surface area contributed by atoms with E-state index in [0.717, 1.165) is 15.7 Å². The van der Waals surface area contributed by atoms with Gasteiger partial charge in [-0.3, -0.25) is 9.59 Å². The molecule has 154 valence electrons. The van der Waals surface area contributed by atoms with E-state index in [-0.39, 0.29) is 18.4 Å². The van der Waals surface area contributed by atoms with Crippen molar-refractivity contribution in [1.82, 2.24) is 25.2 Å². The van der Waals surface area contributed by atoms with Crippen LogP contribution >= 0.6 is 15.9 Å². The summed E-state index contributed by atoms with van der Waals surface area (Å²) in [7, 11) is 0. The first-order valence-corrected chi connectivity index (χ1v) is 10.4. The Kier molecular flexibility index (Phi) is 5.19. The number of rotatable bonds is 3. The zero-order valence-electron chi connectivity index (χ0n) is 17.0. The van der Waals surface area contributed by atoms with Gasteiger partial charge in [-0.25, -0.2) is 4.68 Å². The number of carbonyl (C=O) groups excluding carboxylic acids is 2. The number of benzene rings is 2. The number of fused-ring (bicyclic) bond motifs is 3. The zero-order chi connectivity index (χ0) is 21.5. The van der Waals surface area contributed by atoms with Crippen LogP contribution in [0.15, 0.2) is 59.2 Å². The van der Waals surface area contributed by atoms with E-state index in [9.17, 15) is 9.59 Å². The van der Waals surface area contributed by atoms with Crippen LogP contribution in [0.5, 0.6) is 0 Å². The SMILES string of the molecule is CC(C)(C)NC(=O)C(c1cccc(Br)c1)N1Cc2cnnn2-c2ccccc2C1=O. The fourth-order valence-electron chi connectivity index (χ4n) is 3.60. The first-order chi connectivity index (χ1) is 14.2. The van der Waals surface area contributed by atoms with E-state index >= 15 is 0 Å². The topological polar surface area (TPSA) is 80.1 Å². The molecule has 0 aliphatic carbocycles. The maximum atomic E-state index is 13.6. The third-order valence-electron chi connectivity index (χ3n) is 4.80. The molecule has 4 rings (SSSR count). The summed E-state index contributed by atoms with van der Waals surface area (Å²) in [6.45, 7) is 5.96. The van der Waals surface area contributed by atoms with Crippen LogP contribution in [0.3, 0.4) is 0 Å². The molecule has 3 aromatic rings. The van der Waals surface area contributed by atoms with Crippen molar-refractivity contribution in [2.24, 2.45) is 0 Å². The molecule has 30 heavy (non-hydrogen) atoms. The molecule has 0 saturated carbocycles. The number of para-hydroxylation sites is 1. The van der Waals surface area contributed by atoms with Crippen molar-refractivity contribution in [3.63, 3.8) is 0 Å². The fourth-order valence-corrected chi connectivity index (χ4v) is 4.02. The lowest BCUT2D eigenvalue weighted by Gasteiger charge is -2.33. The summed E-state index contributed by atoms with van der Waals surface area (Å²) in [4.78, 5) is 28.7. The van der Waals surface area contributed by atoms with E-state index in [1.807, 2.05) is 57.2 Å². The number of halogens is 1. The van der Waals surface area contributed by atoms with Crippen LogP contribution in [-0.4, -0.2) is 37.2 Å². The predicted molar refractivity (Wildman–Crippen MR) is 116 cm³/mol. The number of nitrogens with zero attached hydrogens (tertiary/aromatic N) is 4. The molecule has 1 aliphatic heterocycles. The number of amides is 2. The largest absolute Gasteiger partial charge is 0.349 e. The van der Waals surface area contributed by atoms with Crippen molar-refractivity contribution < 1.29 is 9.59 Å². The third-order valence-corrected chi connectivity index (χ3v) is 5.29. The average Bonchev–Trinajstić information content (AvgIpc) is 3.10. The lowest BCUT2D eigenvalue weighted by Crippen LogP contribution is -2.49. The van der Waals surface area contributed by atoms with E-state index in [0.29, 0.717) is 11.3 Å². The molecule has 0 radical (unpaired) electrons. The molecule has 1 aliphatic rings. The van der Waals surface area contributed by atoms with Gasteiger partial charge >= 0.3 is 0 Å².